The lowest BCUT2D eigenvalue weighted by Gasteiger charge is -2.44. The Bertz CT molecular complexity index is 2400. The predicted molar refractivity (Wildman–Crippen MR) is 252 cm³/mol. The monoisotopic (exact) mass is 914 g/mol. The van der Waals surface area contributed by atoms with Gasteiger partial charge in [0.05, 0.1) is 48.6 Å². The summed E-state index contributed by atoms with van der Waals surface area (Å²) in [6.07, 6.45) is 2.16. The normalized spacial score (nSPS) is 19.4. The standard InChI is InChI=1S/C50H68FN7O8/c1-9-57-43-13-12-34(35-20-32(19-33(21-35)26-51)22-42(53-48(63)66-49(3,4)5)46(60)58-14-10-11-41(54-58)47(61)62)23-38(43)40(25-50(6,7)30-59)45(57)39-24-36(27-52-44(39)31(2)64-8)56-16-15-55-17-18-65-29-37(55)28-56/h12-13,19-21,23-24,27,31,37,41-42,54,59H,9-11,14-18,22,25-26,28-30H2,1-8H3,(H,53,63)(H,61,62)/t31?,37-,41-,42?/m0/s1. The van der Waals surface area contributed by atoms with Crippen molar-refractivity contribution in [2.24, 2.45) is 5.41 Å². The number of piperazine rings is 1. The van der Waals surface area contributed by atoms with Crippen LogP contribution in [0.2, 0.25) is 0 Å². The fourth-order valence-electron chi connectivity index (χ4n) is 9.52. The topological polar surface area (TPSA) is 171 Å². The Morgan fingerprint density at radius 3 is 2.50 bits per heavy atom. The number of hydrogen-bond donors (Lipinski definition) is 4. The number of alkyl halides is 1. The second-order valence-corrected chi connectivity index (χ2v) is 19.7. The fourth-order valence-corrected chi connectivity index (χ4v) is 9.52. The predicted octanol–water partition coefficient (Wildman–Crippen LogP) is 6.66. The Kier molecular flexibility index (Phi) is 15.1. The molecule has 4 aromatic rings. The molecular formula is C50H68FN7O8. The van der Waals surface area contributed by atoms with E-state index in [1.54, 1.807) is 40.0 Å². The first-order valence-corrected chi connectivity index (χ1v) is 23.3. The SMILES string of the molecule is CCn1c(-c2cc(N3CCN4CCOC[C@@H]4C3)cnc2C(C)OC)c(CC(C)(C)CO)c2cc(-c3cc(CF)cc(CC(NC(=O)OC(C)(C)C)C(=O)N4CCC[C@@H](C(=O)O)N4)c3)ccc21. The number of hydrogen-bond acceptors (Lipinski definition) is 11. The average Bonchev–Trinajstić information content (AvgIpc) is 3.60. The number of aryl methyl sites for hydroxylation is 1. The number of anilines is 1. The zero-order chi connectivity index (χ0) is 47.5. The number of pyridine rings is 1. The Morgan fingerprint density at radius 2 is 1.80 bits per heavy atom. The molecule has 3 aliphatic rings. The summed E-state index contributed by atoms with van der Waals surface area (Å²) >= 11 is 0. The molecule has 66 heavy (non-hydrogen) atoms. The van der Waals surface area contributed by atoms with E-state index >= 15 is 0 Å². The number of aliphatic carboxylic acids is 1. The number of aromatic nitrogens is 2. The summed E-state index contributed by atoms with van der Waals surface area (Å²) in [6.45, 7) is 18.5. The first-order valence-electron chi connectivity index (χ1n) is 23.3. The lowest BCUT2D eigenvalue weighted by atomic mass is 9.84. The van der Waals surface area contributed by atoms with Gasteiger partial charge in [0.25, 0.3) is 5.91 Å². The largest absolute Gasteiger partial charge is 0.480 e. The molecule has 358 valence electrons. The van der Waals surface area contributed by atoms with Crippen molar-refractivity contribution in [3.8, 4) is 22.4 Å². The Balaban J connectivity index is 1.32. The van der Waals surface area contributed by atoms with Gasteiger partial charge in [-0.1, -0.05) is 32.0 Å². The highest BCUT2D eigenvalue weighted by Crippen LogP contribution is 2.43. The number of carboxylic acid groups (broad SMARTS) is 1. The smallest absolute Gasteiger partial charge is 0.408 e. The van der Waals surface area contributed by atoms with Gasteiger partial charge >= 0.3 is 12.1 Å². The van der Waals surface area contributed by atoms with E-state index in [0.717, 1.165) is 77.5 Å². The molecule has 0 radical (unpaired) electrons. The molecular weight excluding hydrogens is 846 g/mol. The van der Waals surface area contributed by atoms with E-state index in [1.165, 1.54) is 5.01 Å². The van der Waals surface area contributed by atoms with Gasteiger partial charge in [0, 0.05) is 75.9 Å². The van der Waals surface area contributed by atoms with Gasteiger partial charge in [-0.2, -0.15) is 0 Å². The van der Waals surface area contributed by atoms with Crippen LogP contribution in [0.3, 0.4) is 0 Å². The van der Waals surface area contributed by atoms with Crippen LogP contribution in [0, 0.1) is 5.41 Å². The number of nitrogens with one attached hydrogen (secondary N) is 2. The first kappa shape index (κ1) is 48.8. The number of alkyl carbamates (subject to hydrolysis) is 1. The molecule has 5 heterocycles. The number of methoxy groups -OCH3 is 1. The maximum absolute atomic E-state index is 14.8. The third-order valence-corrected chi connectivity index (χ3v) is 13.0. The molecule has 15 nitrogen and oxygen atoms in total. The minimum absolute atomic E-state index is 0.0179. The summed E-state index contributed by atoms with van der Waals surface area (Å²) in [6, 6.07) is 12.0. The molecule has 4 N–H and O–H groups in total. The molecule has 3 aliphatic heterocycles. The Hall–Kier alpha value is -5.13. The van der Waals surface area contributed by atoms with Gasteiger partial charge in [-0.05, 0) is 111 Å². The lowest BCUT2D eigenvalue weighted by Crippen LogP contribution is -2.60. The number of hydrazine groups is 1. The molecule has 0 saturated carbocycles. The molecule has 2 unspecified atom stereocenters. The average molecular weight is 914 g/mol. The number of fused-ring (bicyclic) bond motifs is 2. The molecule has 4 atom stereocenters. The molecule has 2 aromatic heterocycles. The molecule has 2 aromatic carbocycles. The highest BCUT2D eigenvalue weighted by Gasteiger charge is 2.35. The number of ether oxygens (including phenoxy) is 3. The van der Waals surface area contributed by atoms with E-state index in [1.807, 2.05) is 25.3 Å². The summed E-state index contributed by atoms with van der Waals surface area (Å²) in [5.74, 6) is -1.61. The Labute approximate surface area is 387 Å². The van der Waals surface area contributed by atoms with Crippen molar-refractivity contribution in [3.63, 3.8) is 0 Å². The molecule has 0 spiro atoms. The zero-order valence-electron chi connectivity index (χ0n) is 39.8. The van der Waals surface area contributed by atoms with Crippen LogP contribution in [0.5, 0.6) is 0 Å². The van der Waals surface area contributed by atoms with Crippen LogP contribution in [-0.2, 0) is 49.9 Å². The van der Waals surface area contributed by atoms with Crippen molar-refractivity contribution in [2.45, 2.75) is 117 Å². The zero-order valence-corrected chi connectivity index (χ0v) is 39.8. The number of nitrogens with zero attached hydrogens (tertiary/aromatic N) is 5. The Morgan fingerprint density at radius 1 is 1.03 bits per heavy atom. The van der Waals surface area contributed by atoms with Crippen molar-refractivity contribution in [1.29, 1.82) is 0 Å². The number of aliphatic hydroxyl groups is 1. The number of benzene rings is 2. The summed E-state index contributed by atoms with van der Waals surface area (Å²) in [4.78, 5) is 49.2. The second-order valence-electron chi connectivity index (χ2n) is 19.7. The summed E-state index contributed by atoms with van der Waals surface area (Å²) < 4.78 is 34.5. The van der Waals surface area contributed by atoms with Crippen molar-refractivity contribution < 1.29 is 43.2 Å². The number of carbonyl (C=O) groups excluding carboxylic acids is 2. The number of aliphatic hydroxyl groups excluding tert-OH is 1. The van der Waals surface area contributed by atoms with Gasteiger partial charge in [0.15, 0.2) is 0 Å². The number of carbonyl (C=O) groups is 3. The second kappa shape index (κ2) is 20.4. The lowest BCUT2D eigenvalue weighted by molar-refractivity contribution is -0.147. The van der Waals surface area contributed by atoms with Crippen molar-refractivity contribution in [2.75, 3.05) is 64.6 Å². The number of halogens is 1. The highest BCUT2D eigenvalue weighted by atomic mass is 19.1. The number of amides is 2. The summed E-state index contributed by atoms with van der Waals surface area (Å²) in [5.41, 5.74) is 9.82. The molecule has 7 rings (SSSR count). The van der Waals surface area contributed by atoms with Crippen molar-refractivity contribution >= 4 is 34.6 Å². The minimum atomic E-state index is -1.16. The molecule has 3 saturated heterocycles. The quantitative estimate of drug-likeness (QED) is 0.100. The van der Waals surface area contributed by atoms with Crippen LogP contribution >= 0.6 is 0 Å². The van der Waals surface area contributed by atoms with E-state index in [2.05, 4.69) is 64.1 Å². The van der Waals surface area contributed by atoms with E-state index in [9.17, 15) is 29.0 Å². The highest BCUT2D eigenvalue weighted by molar-refractivity contribution is 5.96. The van der Waals surface area contributed by atoms with E-state index in [-0.39, 0.29) is 25.7 Å². The van der Waals surface area contributed by atoms with Gasteiger partial charge in [-0.25, -0.2) is 14.6 Å². The summed E-state index contributed by atoms with van der Waals surface area (Å²) in [5, 5.41) is 25.4. The molecule has 0 aliphatic carbocycles. The van der Waals surface area contributed by atoms with Crippen molar-refractivity contribution in [1.82, 2.24) is 30.2 Å². The van der Waals surface area contributed by atoms with Gasteiger partial charge < -0.3 is 39.2 Å². The molecule has 2 amide bonds. The molecule has 0 bridgehead atoms. The van der Waals surface area contributed by atoms with Crippen LogP contribution in [0.15, 0.2) is 48.7 Å². The van der Waals surface area contributed by atoms with Crippen LogP contribution in [0.1, 0.15) is 89.8 Å². The number of morpholine rings is 1. The van der Waals surface area contributed by atoms with Gasteiger partial charge in [-0.3, -0.25) is 24.5 Å². The van der Waals surface area contributed by atoms with Crippen molar-refractivity contribution in [3.05, 3.63) is 71.0 Å². The molecule has 3 fully saturated rings. The van der Waals surface area contributed by atoms with Crippen LogP contribution < -0.4 is 15.6 Å². The van der Waals surface area contributed by atoms with Gasteiger partial charge in [-0.15, -0.1) is 0 Å². The third-order valence-electron chi connectivity index (χ3n) is 13.0. The van der Waals surface area contributed by atoms with Gasteiger partial charge in [0.2, 0.25) is 0 Å². The number of carboxylic acids is 1. The minimum Gasteiger partial charge on any atom is -0.480 e. The maximum Gasteiger partial charge on any atom is 0.408 e. The van der Waals surface area contributed by atoms with Crippen LogP contribution in [-0.4, -0.2) is 131 Å². The van der Waals surface area contributed by atoms with E-state index in [4.69, 9.17) is 19.2 Å². The summed E-state index contributed by atoms with van der Waals surface area (Å²) in [7, 11) is 1.69. The molecule has 16 heteroatoms. The van der Waals surface area contributed by atoms with Gasteiger partial charge in [0.1, 0.15) is 24.4 Å². The van der Waals surface area contributed by atoms with E-state index in [0.29, 0.717) is 55.1 Å². The van der Waals surface area contributed by atoms with E-state index < -0.39 is 47.7 Å². The third kappa shape index (κ3) is 11.0. The first-order chi connectivity index (χ1) is 31.4. The number of rotatable bonds is 15. The van der Waals surface area contributed by atoms with Crippen LogP contribution in [0.4, 0.5) is 14.9 Å². The fraction of sp³-hybridized carbons (Fsp3) is 0.560. The maximum atomic E-state index is 14.8. The van der Waals surface area contributed by atoms with Crippen LogP contribution in [0.25, 0.3) is 33.3 Å².